The maximum atomic E-state index is 12.1. The fourth-order valence-corrected chi connectivity index (χ4v) is 2.37. The average Bonchev–Trinajstić information content (AvgIpc) is 2.43. The first kappa shape index (κ1) is 18.3. The van der Waals surface area contributed by atoms with Gasteiger partial charge in [0.25, 0.3) is 0 Å². The Hall–Kier alpha value is -1.70. The van der Waals surface area contributed by atoms with Gasteiger partial charge in [0.1, 0.15) is 6.04 Å². The first-order valence-corrected chi connectivity index (χ1v) is 7.57. The van der Waals surface area contributed by atoms with Crippen LogP contribution in [0.25, 0.3) is 0 Å². The minimum absolute atomic E-state index is 0.0414. The normalized spacial score (nSPS) is 12.7. The molecule has 1 amide bonds. The van der Waals surface area contributed by atoms with Crippen LogP contribution in [0.15, 0.2) is 30.3 Å². The molecular formula is C14H16F3NO3S. The lowest BCUT2D eigenvalue weighted by Crippen LogP contribution is -2.43. The topological polar surface area (TPSA) is 57.6 Å². The van der Waals surface area contributed by atoms with Crippen molar-refractivity contribution in [1.29, 1.82) is 0 Å². The second-order valence-electron chi connectivity index (χ2n) is 4.63. The number of amides is 1. The minimum atomic E-state index is -4.35. The molecule has 0 aliphatic rings. The number of nitrogens with zero attached hydrogens (tertiary/aromatic N) is 1. The van der Waals surface area contributed by atoms with E-state index in [4.69, 9.17) is 5.11 Å². The molecule has 4 nitrogen and oxygen atoms in total. The van der Waals surface area contributed by atoms with E-state index in [-0.39, 0.29) is 6.54 Å². The Morgan fingerprint density at radius 1 is 1.27 bits per heavy atom. The van der Waals surface area contributed by atoms with Crippen molar-refractivity contribution in [3.63, 3.8) is 0 Å². The van der Waals surface area contributed by atoms with E-state index in [0.717, 1.165) is 4.90 Å². The van der Waals surface area contributed by atoms with Crippen LogP contribution in [0.5, 0.6) is 0 Å². The molecule has 1 aromatic carbocycles. The van der Waals surface area contributed by atoms with Crippen molar-refractivity contribution in [1.82, 2.24) is 4.90 Å². The summed E-state index contributed by atoms with van der Waals surface area (Å²) in [6, 6.07) is 7.58. The fourth-order valence-electron chi connectivity index (χ4n) is 1.69. The van der Waals surface area contributed by atoms with Crippen molar-refractivity contribution >= 4 is 23.6 Å². The van der Waals surface area contributed by atoms with Crippen molar-refractivity contribution in [2.75, 3.05) is 11.5 Å². The molecule has 0 radical (unpaired) electrons. The molecule has 22 heavy (non-hydrogen) atoms. The number of carbonyl (C=O) groups is 2. The van der Waals surface area contributed by atoms with Crippen molar-refractivity contribution in [3.05, 3.63) is 35.9 Å². The highest BCUT2D eigenvalue weighted by Gasteiger charge is 2.29. The highest BCUT2D eigenvalue weighted by atomic mass is 32.2. The lowest BCUT2D eigenvalue weighted by molar-refractivity contribution is -0.149. The number of aliphatic carboxylic acids is 1. The summed E-state index contributed by atoms with van der Waals surface area (Å²) in [5, 5.41) is 9.05. The molecule has 0 spiro atoms. The first-order chi connectivity index (χ1) is 10.2. The SMILES string of the molecule is CC(C(=O)O)N(Cc1ccccc1)C(=O)CSCC(F)(F)F. The summed E-state index contributed by atoms with van der Waals surface area (Å²) in [5.41, 5.74) is 0.713. The quantitative estimate of drug-likeness (QED) is 0.832. The molecule has 0 saturated carbocycles. The number of benzene rings is 1. The van der Waals surface area contributed by atoms with E-state index in [0.29, 0.717) is 17.3 Å². The Kier molecular flexibility index (Phi) is 6.73. The molecule has 1 atom stereocenters. The molecule has 0 aliphatic carbocycles. The van der Waals surface area contributed by atoms with Gasteiger partial charge in [-0.15, -0.1) is 11.8 Å². The molecule has 0 fully saturated rings. The van der Waals surface area contributed by atoms with Gasteiger partial charge in [0.05, 0.1) is 11.5 Å². The Labute approximate surface area is 130 Å². The van der Waals surface area contributed by atoms with Crippen LogP contribution in [0.1, 0.15) is 12.5 Å². The molecule has 0 aromatic heterocycles. The number of thioether (sulfide) groups is 1. The zero-order valence-corrected chi connectivity index (χ0v) is 12.7. The van der Waals surface area contributed by atoms with Gasteiger partial charge in [0.15, 0.2) is 0 Å². The highest BCUT2D eigenvalue weighted by molar-refractivity contribution is 8.00. The van der Waals surface area contributed by atoms with Gasteiger partial charge in [0.2, 0.25) is 5.91 Å². The van der Waals surface area contributed by atoms with E-state index < -0.39 is 35.6 Å². The summed E-state index contributed by atoms with van der Waals surface area (Å²) in [4.78, 5) is 24.2. The predicted octanol–water partition coefficient (Wildman–Crippen LogP) is 2.78. The second kappa shape index (κ2) is 8.07. The van der Waals surface area contributed by atoms with Crippen molar-refractivity contribution < 1.29 is 27.9 Å². The summed E-state index contributed by atoms with van der Waals surface area (Å²) < 4.78 is 36.3. The largest absolute Gasteiger partial charge is 0.480 e. The van der Waals surface area contributed by atoms with Gasteiger partial charge in [-0.1, -0.05) is 30.3 Å². The van der Waals surface area contributed by atoms with E-state index in [1.165, 1.54) is 6.92 Å². The standard InChI is InChI=1S/C14H16F3NO3S/c1-10(13(20)21)18(7-11-5-3-2-4-6-11)12(19)8-22-9-14(15,16)17/h2-6,10H,7-9H2,1H3,(H,20,21). The molecule has 0 bridgehead atoms. The van der Waals surface area contributed by atoms with Crippen molar-refractivity contribution in [3.8, 4) is 0 Å². The number of halogens is 3. The fraction of sp³-hybridized carbons (Fsp3) is 0.429. The number of carboxylic acid groups (broad SMARTS) is 1. The van der Waals surface area contributed by atoms with Crippen LogP contribution in [0.2, 0.25) is 0 Å². The molecule has 1 aromatic rings. The molecule has 0 saturated heterocycles. The maximum Gasteiger partial charge on any atom is 0.397 e. The molecular weight excluding hydrogens is 319 g/mol. The van der Waals surface area contributed by atoms with Crippen molar-refractivity contribution in [2.45, 2.75) is 25.7 Å². The Balaban J connectivity index is 2.73. The molecule has 0 aliphatic heterocycles. The molecule has 1 N–H and O–H groups in total. The number of hydrogen-bond donors (Lipinski definition) is 1. The number of alkyl halides is 3. The van der Waals surface area contributed by atoms with Gasteiger partial charge in [0, 0.05) is 6.54 Å². The first-order valence-electron chi connectivity index (χ1n) is 6.41. The zero-order chi connectivity index (χ0) is 16.8. The monoisotopic (exact) mass is 335 g/mol. The molecule has 8 heteroatoms. The van der Waals surface area contributed by atoms with E-state index in [9.17, 15) is 22.8 Å². The Morgan fingerprint density at radius 2 is 1.86 bits per heavy atom. The Bertz CT molecular complexity index is 508. The third-order valence-electron chi connectivity index (χ3n) is 2.83. The number of carbonyl (C=O) groups excluding carboxylic acids is 1. The third kappa shape index (κ3) is 6.38. The Morgan fingerprint density at radius 3 is 2.36 bits per heavy atom. The number of hydrogen-bond acceptors (Lipinski definition) is 3. The van der Waals surface area contributed by atoms with Gasteiger partial charge < -0.3 is 10.0 Å². The van der Waals surface area contributed by atoms with E-state index >= 15 is 0 Å². The van der Waals surface area contributed by atoms with Crippen LogP contribution in [-0.2, 0) is 16.1 Å². The molecule has 1 unspecified atom stereocenters. The van der Waals surface area contributed by atoms with E-state index in [1.54, 1.807) is 30.3 Å². The maximum absolute atomic E-state index is 12.1. The van der Waals surface area contributed by atoms with E-state index in [2.05, 4.69) is 0 Å². The van der Waals surface area contributed by atoms with Crippen LogP contribution in [0, 0.1) is 0 Å². The smallest absolute Gasteiger partial charge is 0.397 e. The molecule has 1 rings (SSSR count). The summed E-state index contributed by atoms with van der Waals surface area (Å²) in [5.74, 6) is -3.39. The zero-order valence-electron chi connectivity index (χ0n) is 11.8. The van der Waals surface area contributed by atoms with Crippen LogP contribution in [-0.4, -0.2) is 45.6 Å². The van der Waals surface area contributed by atoms with Gasteiger partial charge in [-0.25, -0.2) is 4.79 Å². The van der Waals surface area contributed by atoms with Crippen LogP contribution in [0.3, 0.4) is 0 Å². The average molecular weight is 335 g/mol. The van der Waals surface area contributed by atoms with Gasteiger partial charge in [-0.05, 0) is 12.5 Å². The number of carboxylic acids is 1. The minimum Gasteiger partial charge on any atom is -0.480 e. The van der Waals surface area contributed by atoms with E-state index in [1.807, 2.05) is 0 Å². The number of rotatable bonds is 7. The summed E-state index contributed by atoms with van der Waals surface area (Å²) in [7, 11) is 0. The predicted molar refractivity (Wildman–Crippen MR) is 77.5 cm³/mol. The van der Waals surface area contributed by atoms with Crippen LogP contribution < -0.4 is 0 Å². The summed E-state index contributed by atoms with van der Waals surface area (Å²) in [6.07, 6.45) is -4.35. The lowest BCUT2D eigenvalue weighted by Gasteiger charge is -2.26. The van der Waals surface area contributed by atoms with Crippen molar-refractivity contribution in [2.24, 2.45) is 0 Å². The van der Waals surface area contributed by atoms with Gasteiger partial charge >= 0.3 is 12.1 Å². The molecule has 122 valence electrons. The van der Waals surface area contributed by atoms with Gasteiger partial charge in [-0.2, -0.15) is 13.2 Å². The van der Waals surface area contributed by atoms with Crippen LogP contribution in [0.4, 0.5) is 13.2 Å². The van der Waals surface area contributed by atoms with Gasteiger partial charge in [-0.3, -0.25) is 4.79 Å². The molecule has 0 heterocycles. The summed E-state index contributed by atoms with van der Waals surface area (Å²) >= 11 is 0.427. The third-order valence-corrected chi connectivity index (χ3v) is 3.81. The summed E-state index contributed by atoms with van der Waals surface area (Å²) in [6.45, 7) is 1.37. The lowest BCUT2D eigenvalue weighted by atomic mass is 10.2. The second-order valence-corrected chi connectivity index (χ2v) is 5.62. The van der Waals surface area contributed by atoms with Crippen LogP contribution >= 0.6 is 11.8 Å². The highest BCUT2D eigenvalue weighted by Crippen LogP contribution is 2.21.